The van der Waals surface area contributed by atoms with Gasteiger partial charge in [0.2, 0.25) is 5.95 Å². The number of hydrogen-bond donors (Lipinski definition) is 0. The predicted molar refractivity (Wildman–Crippen MR) is 75.0 cm³/mol. The maximum atomic E-state index is 13.7. The number of nitrogens with zero attached hydrogens (tertiary/aromatic N) is 6. The molecule has 1 atom stereocenters. The highest BCUT2D eigenvalue weighted by molar-refractivity contribution is 7.85. The first-order valence-corrected chi connectivity index (χ1v) is 8.00. The molecule has 3 aromatic rings. The largest absolute Gasteiger partial charge is 0.471 e. The highest BCUT2D eigenvalue weighted by Gasteiger charge is 2.37. The lowest BCUT2D eigenvalue weighted by Crippen LogP contribution is -2.18. The number of aromatic nitrogens is 6. The van der Waals surface area contributed by atoms with Crippen LogP contribution in [0.15, 0.2) is 16.9 Å². The smallest absolute Gasteiger partial charge is 0.334 e. The predicted octanol–water partition coefficient (Wildman–Crippen LogP) is 2.07. The zero-order valence-corrected chi connectivity index (χ0v) is 13.5. The first-order chi connectivity index (χ1) is 12.1. The molecule has 138 valence electrons. The Labute approximate surface area is 143 Å². The average Bonchev–Trinajstić information content (AvgIpc) is 3.13. The third-order valence-corrected chi connectivity index (χ3v) is 4.09. The number of halogens is 5. The molecule has 1 unspecified atom stereocenters. The lowest BCUT2D eigenvalue weighted by molar-refractivity contribution is -0.0386. The summed E-state index contributed by atoms with van der Waals surface area (Å²) in [6.45, 7) is 1.49. The Kier molecular flexibility index (Phi) is 4.52. The van der Waals surface area contributed by atoms with Crippen LogP contribution in [0.4, 0.5) is 22.0 Å². The maximum absolute atomic E-state index is 13.7. The molecule has 0 radical (unpaired) electrons. The second-order valence-electron chi connectivity index (χ2n) is 4.84. The van der Waals surface area contributed by atoms with Crippen LogP contribution >= 0.6 is 0 Å². The van der Waals surface area contributed by atoms with Crippen molar-refractivity contribution in [3.8, 4) is 17.1 Å². The van der Waals surface area contributed by atoms with E-state index in [9.17, 15) is 26.2 Å². The van der Waals surface area contributed by atoms with Crippen LogP contribution in [0.25, 0.3) is 17.1 Å². The second kappa shape index (κ2) is 6.51. The molecule has 0 fully saturated rings. The van der Waals surface area contributed by atoms with E-state index in [0.717, 1.165) is 10.9 Å². The highest BCUT2D eigenvalue weighted by atomic mass is 32.2. The van der Waals surface area contributed by atoms with Crippen LogP contribution in [-0.2, 0) is 16.6 Å². The van der Waals surface area contributed by atoms with Gasteiger partial charge in [-0.25, -0.2) is 9.67 Å². The molecule has 0 amide bonds. The molecular formula is C12H7F5N6O2S. The highest BCUT2D eigenvalue weighted by Crippen LogP contribution is 2.25. The second-order valence-corrected chi connectivity index (χ2v) is 6.28. The first-order valence-electron chi connectivity index (χ1n) is 6.68. The minimum atomic E-state index is -4.90. The van der Waals surface area contributed by atoms with Gasteiger partial charge in [-0.15, -0.1) is 0 Å². The Morgan fingerprint density at radius 3 is 2.65 bits per heavy atom. The van der Waals surface area contributed by atoms with Crippen molar-refractivity contribution in [3.63, 3.8) is 0 Å². The van der Waals surface area contributed by atoms with Crippen LogP contribution in [0.5, 0.6) is 0 Å². The van der Waals surface area contributed by atoms with Gasteiger partial charge < -0.3 is 4.52 Å². The van der Waals surface area contributed by atoms with Crippen molar-refractivity contribution in [2.75, 3.05) is 0 Å². The van der Waals surface area contributed by atoms with Crippen LogP contribution in [0.2, 0.25) is 0 Å². The van der Waals surface area contributed by atoms with E-state index in [0.29, 0.717) is 0 Å². The van der Waals surface area contributed by atoms with Crippen molar-refractivity contribution in [3.05, 3.63) is 35.9 Å². The van der Waals surface area contributed by atoms with Crippen molar-refractivity contribution in [2.24, 2.45) is 0 Å². The van der Waals surface area contributed by atoms with Crippen LogP contribution in [0.3, 0.4) is 0 Å². The van der Waals surface area contributed by atoms with Gasteiger partial charge in [-0.05, 0) is 6.92 Å². The van der Waals surface area contributed by atoms with E-state index >= 15 is 0 Å². The zero-order chi connectivity index (χ0) is 19.1. The Bertz CT molecular complexity index is 985. The van der Waals surface area contributed by atoms with Gasteiger partial charge in [0, 0.05) is 6.20 Å². The van der Waals surface area contributed by atoms with Crippen LogP contribution in [0.1, 0.15) is 11.5 Å². The van der Waals surface area contributed by atoms with Crippen molar-refractivity contribution in [2.45, 2.75) is 18.2 Å². The van der Waals surface area contributed by atoms with Gasteiger partial charge in [0.25, 0.3) is 5.89 Å². The van der Waals surface area contributed by atoms with Gasteiger partial charge in [0.05, 0.1) is 23.2 Å². The third kappa shape index (κ3) is 3.58. The zero-order valence-electron chi connectivity index (χ0n) is 12.7. The number of hydrogen-bond acceptors (Lipinski definition) is 7. The summed E-state index contributed by atoms with van der Waals surface area (Å²) < 4.78 is 80.3. The average molecular weight is 394 g/mol. The SMILES string of the molecule is Cc1nn(-c2cnc(F)nc2F)cc1-c1nc(CS(=O)C(F)(F)F)no1. The summed E-state index contributed by atoms with van der Waals surface area (Å²) in [5.74, 6) is -2.76. The molecule has 0 N–H and O–H groups in total. The first kappa shape index (κ1) is 18.0. The molecule has 0 aliphatic rings. The molecule has 0 aromatic carbocycles. The summed E-state index contributed by atoms with van der Waals surface area (Å²) in [4.78, 5) is 9.87. The summed E-state index contributed by atoms with van der Waals surface area (Å²) in [5.41, 5.74) is -4.72. The van der Waals surface area contributed by atoms with E-state index in [4.69, 9.17) is 4.52 Å². The van der Waals surface area contributed by atoms with Gasteiger partial charge in [-0.3, -0.25) is 4.21 Å². The van der Waals surface area contributed by atoms with E-state index in [1.807, 2.05) is 0 Å². The molecule has 0 aliphatic heterocycles. The molecule has 3 aromatic heterocycles. The minimum Gasteiger partial charge on any atom is -0.334 e. The molecule has 0 saturated carbocycles. The molecule has 0 aliphatic carbocycles. The van der Waals surface area contributed by atoms with E-state index in [-0.39, 0.29) is 22.8 Å². The van der Waals surface area contributed by atoms with E-state index in [2.05, 4.69) is 25.2 Å². The van der Waals surface area contributed by atoms with Gasteiger partial charge in [-0.2, -0.15) is 37.0 Å². The fraction of sp³-hybridized carbons (Fsp3) is 0.250. The molecule has 0 bridgehead atoms. The molecule has 8 nitrogen and oxygen atoms in total. The van der Waals surface area contributed by atoms with Crippen molar-refractivity contribution < 1.29 is 30.7 Å². The van der Waals surface area contributed by atoms with E-state index < -0.39 is 39.9 Å². The molecule has 3 heterocycles. The fourth-order valence-corrected chi connectivity index (χ4v) is 2.42. The van der Waals surface area contributed by atoms with Crippen molar-refractivity contribution >= 4 is 10.8 Å². The van der Waals surface area contributed by atoms with Crippen LogP contribution < -0.4 is 0 Å². The monoisotopic (exact) mass is 394 g/mol. The molecule has 26 heavy (non-hydrogen) atoms. The number of aryl methyl sites for hydroxylation is 1. The lowest BCUT2D eigenvalue weighted by atomic mass is 10.3. The normalized spacial score (nSPS) is 13.2. The molecule has 0 spiro atoms. The number of rotatable bonds is 4. The minimum absolute atomic E-state index is 0.185. The summed E-state index contributed by atoms with van der Waals surface area (Å²) in [6, 6.07) is 0. The van der Waals surface area contributed by atoms with Crippen LogP contribution in [-0.4, -0.2) is 39.6 Å². The maximum Gasteiger partial charge on any atom is 0.471 e. The standard InChI is InChI=1S/C12H7F5N6O2S/c1-5-6(3-23(21-5)7-2-18-11(14)20-9(7)13)10-19-8(22-25-10)4-26(24)12(15,16)17/h2-3H,4H2,1H3. The molecule has 0 saturated heterocycles. The van der Waals surface area contributed by atoms with E-state index in [1.165, 1.54) is 13.1 Å². The fourth-order valence-electron chi connectivity index (χ4n) is 1.90. The Morgan fingerprint density at radius 2 is 2.00 bits per heavy atom. The van der Waals surface area contributed by atoms with Gasteiger partial charge in [0.15, 0.2) is 5.82 Å². The topological polar surface area (TPSA) is 99.6 Å². The Hall–Kier alpha value is -2.77. The molecule has 3 rings (SSSR count). The molecular weight excluding hydrogens is 387 g/mol. The summed E-state index contributed by atoms with van der Waals surface area (Å²) in [5, 5.41) is 7.30. The van der Waals surface area contributed by atoms with Crippen molar-refractivity contribution in [1.29, 1.82) is 0 Å². The lowest BCUT2D eigenvalue weighted by Gasteiger charge is -2.02. The van der Waals surface area contributed by atoms with Gasteiger partial charge >= 0.3 is 11.6 Å². The number of alkyl halides is 3. The van der Waals surface area contributed by atoms with Crippen molar-refractivity contribution in [1.82, 2.24) is 29.9 Å². The summed E-state index contributed by atoms with van der Waals surface area (Å²) in [6.07, 6.45) is 0.835. The third-order valence-electron chi connectivity index (χ3n) is 3.06. The summed E-state index contributed by atoms with van der Waals surface area (Å²) >= 11 is 0. The quantitative estimate of drug-likeness (QED) is 0.379. The van der Waals surface area contributed by atoms with Gasteiger partial charge in [0.1, 0.15) is 16.5 Å². The molecule has 14 heteroatoms. The Balaban J connectivity index is 1.89. The Morgan fingerprint density at radius 1 is 1.27 bits per heavy atom. The van der Waals surface area contributed by atoms with Gasteiger partial charge in [-0.1, -0.05) is 5.16 Å². The van der Waals surface area contributed by atoms with E-state index in [1.54, 1.807) is 0 Å². The van der Waals surface area contributed by atoms with Crippen LogP contribution in [0, 0.1) is 18.9 Å². The summed E-state index contributed by atoms with van der Waals surface area (Å²) in [7, 11) is -3.17.